The number of nitrogens with zero attached hydrogens (tertiary/aromatic N) is 1. The summed E-state index contributed by atoms with van der Waals surface area (Å²) in [6.07, 6.45) is 4.09. The Kier molecular flexibility index (Phi) is 7.16. The molecule has 1 rings (SSSR count). The van der Waals surface area contributed by atoms with Crippen molar-refractivity contribution < 1.29 is 0 Å². The van der Waals surface area contributed by atoms with Gasteiger partial charge in [0.15, 0.2) is 0 Å². The van der Waals surface area contributed by atoms with Crippen molar-refractivity contribution in [2.45, 2.75) is 38.0 Å². The molecule has 0 amide bonds. The van der Waals surface area contributed by atoms with E-state index in [-0.39, 0.29) is 0 Å². The molecule has 0 saturated heterocycles. The number of aromatic nitrogens is 1. The molecular formula is C13H21BrN2S. The van der Waals surface area contributed by atoms with E-state index in [9.17, 15) is 0 Å². The average molecular weight is 317 g/mol. The zero-order chi connectivity index (χ0) is 12.7. The number of hydrogen-bond acceptors (Lipinski definition) is 3. The van der Waals surface area contributed by atoms with Crippen molar-refractivity contribution in [3.05, 3.63) is 28.5 Å². The van der Waals surface area contributed by atoms with E-state index in [0.717, 1.165) is 27.6 Å². The molecule has 1 aromatic heterocycles. The van der Waals surface area contributed by atoms with E-state index in [2.05, 4.69) is 52.2 Å². The zero-order valence-corrected chi connectivity index (χ0v) is 13.1. The van der Waals surface area contributed by atoms with E-state index in [4.69, 9.17) is 0 Å². The lowest BCUT2D eigenvalue weighted by molar-refractivity contribution is 0.608. The first-order chi connectivity index (χ1) is 8.15. The molecule has 2 unspecified atom stereocenters. The molecule has 0 spiro atoms. The van der Waals surface area contributed by atoms with Gasteiger partial charge in [-0.1, -0.05) is 13.8 Å². The van der Waals surface area contributed by atoms with Gasteiger partial charge >= 0.3 is 0 Å². The van der Waals surface area contributed by atoms with Crippen LogP contribution in [0.2, 0.25) is 0 Å². The molecular weight excluding hydrogens is 296 g/mol. The third kappa shape index (κ3) is 5.89. The summed E-state index contributed by atoms with van der Waals surface area (Å²) in [4.78, 5) is 4.42. The Morgan fingerprint density at radius 1 is 1.47 bits per heavy atom. The smallest absolute Gasteiger partial charge is 0.0420 e. The summed E-state index contributed by atoms with van der Waals surface area (Å²) in [6, 6.07) is 4.64. The Bertz CT molecular complexity index is 316. The second kappa shape index (κ2) is 8.11. The van der Waals surface area contributed by atoms with Crippen molar-refractivity contribution in [3.8, 4) is 0 Å². The molecule has 17 heavy (non-hydrogen) atoms. The van der Waals surface area contributed by atoms with Crippen molar-refractivity contribution in [1.29, 1.82) is 0 Å². The maximum atomic E-state index is 4.42. The molecule has 0 bridgehead atoms. The number of pyridine rings is 1. The number of halogens is 1. The topological polar surface area (TPSA) is 24.9 Å². The molecule has 2 atom stereocenters. The minimum Gasteiger partial charge on any atom is -0.316 e. The molecule has 1 aromatic rings. The molecule has 0 aliphatic carbocycles. The van der Waals surface area contributed by atoms with Crippen LogP contribution in [0.3, 0.4) is 0 Å². The number of likely N-dealkylation sites (N-methyl/N-ethyl adjacent to an activating group) is 1. The molecule has 0 fully saturated rings. The molecule has 0 aliphatic heterocycles. The highest BCUT2D eigenvalue weighted by molar-refractivity contribution is 9.10. The van der Waals surface area contributed by atoms with Gasteiger partial charge in [0.2, 0.25) is 0 Å². The van der Waals surface area contributed by atoms with Crippen LogP contribution in [0.5, 0.6) is 0 Å². The van der Waals surface area contributed by atoms with E-state index in [1.54, 1.807) is 0 Å². The fourth-order valence-corrected chi connectivity index (χ4v) is 2.74. The van der Waals surface area contributed by atoms with Crippen molar-refractivity contribution in [2.24, 2.45) is 0 Å². The number of rotatable bonds is 7. The SMILES string of the molecule is CCC(C)SCC(Cc1ccc(Br)cn1)NC. The predicted octanol–water partition coefficient (Wildman–Crippen LogP) is 3.51. The molecule has 1 heterocycles. The molecule has 0 saturated carbocycles. The third-order valence-electron chi connectivity index (χ3n) is 2.81. The maximum Gasteiger partial charge on any atom is 0.0420 e. The van der Waals surface area contributed by atoms with E-state index in [1.807, 2.05) is 25.0 Å². The van der Waals surface area contributed by atoms with Gasteiger partial charge < -0.3 is 5.32 Å². The zero-order valence-electron chi connectivity index (χ0n) is 10.7. The largest absolute Gasteiger partial charge is 0.316 e. The third-order valence-corrected chi connectivity index (χ3v) is 4.78. The van der Waals surface area contributed by atoms with Gasteiger partial charge in [-0.25, -0.2) is 0 Å². The highest BCUT2D eigenvalue weighted by atomic mass is 79.9. The quantitative estimate of drug-likeness (QED) is 0.833. The normalized spacial score (nSPS) is 14.6. The fourth-order valence-electron chi connectivity index (χ4n) is 1.42. The number of thioether (sulfide) groups is 1. The highest BCUT2D eigenvalue weighted by Gasteiger charge is 2.10. The van der Waals surface area contributed by atoms with Gasteiger partial charge in [0.25, 0.3) is 0 Å². The summed E-state index contributed by atoms with van der Waals surface area (Å²) in [7, 11) is 2.03. The second-order valence-corrected chi connectivity index (χ2v) is 6.60. The second-order valence-electron chi connectivity index (χ2n) is 4.21. The molecule has 4 heteroatoms. The molecule has 0 aliphatic rings. The van der Waals surface area contributed by atoms with Crippen LogP contribution in [-0.4, -0.2) is 29.1 Å². The Balaban J connectivity index is 2.43. The number of hydrogen-bond donors (Lipinski definition) is 1. The minimum atomic E-state index is 0.502. The fraction of sp³-hybridized carbons (Fsp3) is 0.615. The lowest BCUT2D eigenvalue weighted by Crippen LogP contribution is -2.31. The van der Waals surface area contributed by atoms with Gasteiger partial charge in [-0.05, 0) is 41.5 Å². The Hall–Kier alpha value is -0.0600. The van der Waals surface area contributed by atoms with Gasteiger partial charge in [0.1, 0.15) is 0 Å². The first-order valence-electron chi connectivity index (χ1n) is 6.05. The van der Waals surface area contributed by atoms with Crippen LogP contribution in [0.4, 0.5) is 0 Å². The van der Waals surface area contributed by atoms with Crippen molar-refractivity contribution >= 4 is 27.7 Å². The monoisotopic (exact) mass is 316 g/mol. The van der Waals surface area contributed by atoms with Gasteiger partial charge in [-0.15, -0.1) is 0 Å². The maximum absolute atomic E-state index is 4.42. The van der Waals surface area contributed by atoms with Gasteiger partial charge in [-0.3, -0.25) is 4.98 Å². The molecule has 96 valence electrons. The van der Waals surface area contributed by atoms with Crippen molar-refractivity contribution in [3.63, 3.8) is 0 Å². The Labute approximate surface area is 117 Å². The summed E-state index contributed by atoms with van der Waals surface area (Å²) < 4.78 is 1.04. The van der Waals surface area contributed by atoms with E-state index in [1.165, 1.54) is 6.42 Å². The molecule has 0 radical (unpaired) electrons. The summed E-state index contributed by atoms with van der Waals surface area (Å²) in [5.41, 5.74) is 1.15. The minimum absolute atomic E-state index is 0.502. The standard InChI is InChI=1S/C13H21BrN2S/c1-4-10(2)17-9-13(15-3)7-12-6-5-11(14)8-16-12/h5-6,8,10,13,15H,4,7,9H2,1-3H3. The molecule has 1 N–H and O–H groups in total. The van der Waals surface area contributed by atoms with Crippen LogP contribution >= 0.6 is 27.7 Å². The summed E-state index contributed by atoms with van der Waals surface area (Å²) in [6.45, 7) is 4.53. The first kappa shape index (κ1) is 15.0. The van der Waals surface area contributed by atoms with Crippen LogP contribution in [0.15, 0.2) is 22.8 Å². The van der Waals surface area contributed by atoms with Crippen molar-refractivity contribution in [2.75, 3.05) is 12.8 Å². The van der Waals surface area contributed by atoms with Crippen LogP contribution in [-0.2, 0) is 6.42 Å². The lowest BCUT2D eigenvalue weighted by Gasteiger charge is -2.17. The van der Waals surface area contributed by atoms with Crippen LogP contribution in [0.1, 0.15) is 26.0 Å². The van der Waals surface area contributed by atoms with Gasteiger partial charge in [0.05, 0.1) is 0 Å². The number of nitrogens with one attached hydrogen (secondary N) is 1. The summed E-state index contributed by atoms with van der Waals surface area (Å²) in [5, 5.41) is 4.11. The van der Waals surface area contributed by atoms with Gasteiger partial charge in [-0.2, -0.15) is 11.8 Å². The first-order valence-corrected chi connectivity index (χ1v) is 7.89. The average Bonchev–Trinajstić information content (AvgIpc) is 2.36. The van der Waals surface area contributed by atoms with E-state index in [0.29, 0.717) is 6.04 Å². The highest BCUT2D eigenvalue weighted by Crippen LogP contribution is 2.16. The van der Waals surface area contributed by atoms with E-state index < -0.39 is 0 Å². The van der Waals surface area contributed by atoms with Crippen molar-refractivity contribution in [1.82, 2.24) is 10.3 Å². The summed E-state index contributed by atoms with van der Waals surface area (Å²) in [5.74, 6) is 1.14. The van der Waals surface area contributed by atoms with Crippen LogP contribution < -0.4 is 5.32 Å². The molecule has 0 aromatic carbocycles. The van der Waals surface area contributed by atoms with Gasteiger partial charge in [0, 0.05) is 39.8 Å². The van der Waals surface area contributed by atoms with Crippen LogP contribution in [0, 0.1) is 0 Å². The predicted molar refractivity (Wildman–Crippen MR) is 80.7 cm³/mol. The van der Waals surface area contributed by atoms with E-state index >= 15 is 0 Å². The Morgan fingerprint density at radius 2 is 2.24 bits per heavy atom. The Morgan fingerprint density at radius 3 is 2.76 bits per heavy atom. The lowest BCUT2D eigenvalue weighted by atomic mass is 10.2. The molecule has 2 nitrogen and oxygen atoms in total. The van der Waals surface area contributed by atoms with Crippen LogP contribution in [0.25, 0.3) is 0 Å². The summed E-state index contributed by atoms with van der Waals surface area (Å²) >= 11 is 5.44.